The van der Waals surface area contributed by atoms with Crippen LogP contribution in [0.2, 0.25) is 0 Å². The van der Waals surface area contributed by atoms with Gasteiger partial charge >= 0.3 is 17.6 Å². The standard InChI is InChI=1S/C18H16N6O6/c1-2-29-18(26)11-5-3-6-12(9-11)21-15-14(24(27)28)16(20-10-19-15)22-23-17(25)13-7-4-8-30-13/h3-10H,2H2,1H3,(H,23,25)(H2,19,20,21,22). The number of carbonyl (C=O) groups excluding carboxylic acids is 2. The van der Waals surface area contributed by atoms with Crippen molar-refractivity contribution in [2.75, 3.05) is 17.3 Å². The summed E-state index contributed by atoms with van der Waals surface area (Å²) >= 11 is 0. The van der Waals surface area contributed by atoms with E-state index in [2.05, 4.69) is 26.1 Å². The fourth-order valence-electron chi connectivity index (χ4n) is 2.40. The Kier molecular flexibility index (Phi) is 6.17. The molecule has 0 bridgehead atoms. The number of rotatable bonds is 8. The summed E-state index contributed by atoms with van der Waals surface area (Å²) in [5, 5.41) is 14.4. The lowest BCUT2D eigenvalue weighted by atomic mass is 10.2. The Hall–Kier alpha value is -4.48. The first-order valence-electron chi connectivity index (χ1n) is 8.63. The molecule has 0 spiro atoms. The number of aromatic nitrogens is 2. The number of amides is 1. The number of hydrogen-bond acceptors (Lipinski definition) is 10. The molecule has 2 heterocycles. The summed E-state index contributed by atoms with van der Waals surface area (Å²) in [6.45, 7) is 1.90. The van der Waals surface area contributed by atoms with Gasteiger partial charge < -0.3 is 14.5 Å². The van der Waals surface area contributed by atoms with E-state index in [4.69, 9.17) is 9.15 Å². The van der Waals surface area contributed by atoms with Gasteiger partial charge in [-0.2, -0.15) is 0 Å². The molecule has 1 amide bonds. The quantitative estimate of drug-likeness (QED) is 0.285. The molecule has 0 fully saturated rings. The molecule has 2 aromatic heterocycles. The molecule has 0 radical (unpaired) electrons. The third-order valence-electron chi connectivity index (χ3n) is 3.68. The summed E-state index contributed by atoms with van der Waals surface area (Å²) in [6.07, 6.45) is 2.39. The summed E-state index contributed by atoms with van der Waals surface area (Å²) in [5.41, 5.74) is 4.77. The van der Waals surface area contributed by atoms with Crippen molar-refractivity contribution in [3.63, 3.8) is 0 Å². The van der Waals surface area contributed by atoms with Gasteiger partial charge in [0.15, 0.2) is 5.76 Å². The lowest BCUT2D eigenvalue weighted by Crippen LogP contribution is -2.30. The van der Waals surface area contributed by atoms with Crippen molar-refractivity contribution in [2.45, 2.75) is 6.92 Å². The topological polar surface area (TPSA) is 162 Å². The van der Waals surface area contributed by atoms with E-state index in [0.29, 0.717) is 5.69 Å². The first-order valence-corrected chi connectivity index (χ1v) is 8.63. The van der Waals surface area contributed by atoms with E-state index in [-0.39, 0.29) is 29.6 Å². The Morgan fingerprint density at radius 2 is 2.00 bits per heavy atom. The molecular formula is C18H16N6O6. The molecule has 154 valence electrons. The highest BCUT2D eigenvalue weighted by atomic mass is 16.6. The predicted molar refractivity (Wildman–Crippen MR) is 104 cm³/mol. The third kappa shape index (κ3) is 4.67. The lowest BCUT2D eigenvalue weighted by molar-refractivity contribution is -0.383. The third-order valence-corrected chi connectivity index (χ3v) is 3.68. The maximum Gasteiger partial charge on any atom is 0.355 e. The first kappa shape index (κ1) is 20.3. The second-order valence-electron chi connectivity index (χ2n) is 5.66. The maximum absolute atomic E-state index is 12.0. The van der Waals surface area contributed by atoms with Crippen molar-refractivity contribution >= 4 is 34.9 Å². The average molecular weight is 412 g/mol. The first-order chi connectivity index (χ1) is 14.5. The predicted octanol–water partition coefficient (Wildman–Crippen LogP) is 2.66. The van der Waals surface area contributed by atoms with Gasteiger partial charge in [0.2, 0.25) is 11.6 Å². The Morgan fingerprint density at radius 3 is 2.70 bits per heavy atom. The lowest BCUT2D eigenvalue weighted by Gasteiger charge is -2.11. The van der Waals surface area contributed by atoms with Crippen LogP contribution in [0.1, 0.15) is 27.8 Å². The van der Waals surface area contributed by atoms with Crippen LogP contribution < -0.4 is 16.2 Å². The zero-order valence-electron chi connectivity index (χ0n) is 15.6. The molecule has 0 saturated carbocycles. The summed E-state index contributed by atoms with van der Waals surface area (Å²) in [7, 11) is 0. The molecule has 0 unspecified atom stereocenters. The molecule has 0 atom stereocenters. The van der Waals surface area contributed by atoms with Gasteiger partial charge in [0.1, 0.15) is 6.33 Å². The van der Waals surface area contributed by atoms with E-state index in [1.54, 1.807) is 25.1 Å². The highest BCUT2D eigenvalue weighted by molar-refractivity contribution is 5.92. The number of anilines is 3. The summed E-state index contributed by atoms with van der Waals surface area (Å²) in [6, 6.07) is 9.15. The van der Waals surface area contributed by atoms with Gasteiger partial charge in [-0.05, 0) is 37.3 Å². The molecule has 0 aliphatic heterocycles. The van der Waals surface area contributed by atoms with Gasteiger partial charge in [-0.3, -0.25) is 25.8 Å². The van der Waals surface area contributed by atoms with Crippen LogP contribution in [-0.2, 0) is 4.74 Å². The van der Waals surface area contributed by atoms with Gasteiger partial charge in [-0.25, -0.2) is 14.8 Å². The number of hydrogen-bond donors (Lipinski definition) is 3. The van der Waals surface area contributed by atoms with E-state index in [0.717, 1.165) is 6.33 Å². The second-order valence-corrected chi connectivity index (χ2v) is 5.66. The van der Waals surface area contributed by atoms with Crippen molar-refractivity contribution in [1.82, 2.24) is 15.4 Å². The molecule has 12 heteroatoms. The van der Waals surface area contributed by atoms with Crippen LogP contribution in [0.4, 0.5) is 23.0 Å². The number of carbonyl (C=O) groups is 2. The van der Waals surface area contributed by atoms with Crippen molar-refractivity contribution < 1.29 is 23.7 Å². The smallest absolute Gasteiger partial charge is 0.355 e. The summed E-state index contributed by atoms with van der Waals surface area (Å²) < 4.78 is 9.88. The number of esters is 1. The molecular weight excluding hydrogens is 396 g/mol. The van der Waals surface area contributed by atoms with Gasteiger partial charge in [0, 0.05) is 5.69 Å². The number of hydrazine groups is 1. The molecule has 3 rings (SSSR count). The second kappa shape index (κ2) is 9.14. The minimum Gasteiger partial charge on any atom is -0.462 e. The Balaban J connectivity index is 1.83. The van der Waals surface area contributed by atoms with Crippen LogP contribution in [-0.4, -0.2) is 33.4 Å². The van der Waals surface area contributed by atoms with Crippen LogP contribution in [0.25, 0.3) is 0 Å². The largest absolute Gasteiger partial charge is 0.462 e. The van der Waals surface area contributed by atoms with Crippen molar-refractivity contribution in [3.05, 3.63) is 70.4 Å². The van der Waals surface area contributed by atoms with E-state index < -0.39 is 22.5 Å². The fraction of sp³-hybridized carbons (Fsp3) is 0.111. The zero-order chi connectivity index (χ0) is 21.5. The Morgan fingerprint density at radius 1 is 1.20 bits per heavy atom. The monoisotopic (exact) mass is 412 g/mol. The minimum atomic E-state index is -0.709. The number of furan rings is 1. The Labute approximate surface area is 169 Å². The van der Waals surface area contributed by atoms with Crippen LogP contribution in [0.3, 0.4) is 0 Å². The Bertz CT molecular complexity index is 1070. The van der Waals surface area contributed by atoms with Crippen molar-refractivity contribution in [2.24, 2.45) is 0 Å². The summed E-state index contributed by atoms with van der Waals surface area (Å²) in [5.74, 6) is -1.57. The van der Waals surface area contributed by atoms with Crippen molar-refractivity contribution in [1.29, 1.82) is 0 Å². The average Bonchev–Trinajstić information content (AvgIpc) is 3.27. The minimum absolute atomic E-state index is 0.00772. The number of benzene rings is 1. The SMILES string of the molecule is CCOC(=O)c1cccc(Nc2ncnc(NNC(=O)c3ccco3)c2[N+](=O)[O-])c1. The van der Waals surface area contributed by atoms with E-state index in [1.807, 2.05) is 0 Å². The summed E-state index contributed by atoms with van der Waals surface area (Å²) in [4.78, 5) is 42.4. The maximum atomic E-state index is 12.0. The highest BCUT2D eigenvalue weighted by Gasteiger charge is 2.24. The van der Waals surface area contributed by atoms with Gasteiger partial charge in [-0.1, -0.05) is 6.07 Å². The fourth-order valence-corrected chi connectivity index (χ4v) is 2.40. The molecule has 12 nitrogen and oxygen atoms in total. The molecule has 30 heavy (non-hydrogen) atoms. The van der Waals surface area contributed by atoms with Crippen molar-refractivity contribution in [3.8, 4) is 0 Å². The van der Waals surface area contributed by atoms with E-state index in [1.165, 1.54) is 24.5 Å². The van der Waals surface area contributed by atoms with Crippen LogP contribution in [0, 0.1) is 10.1 Å². The van der Waals surface area contributed by atoms with E-state index in [9.17, 15) is 19.7 Å². The van der Waals surface area contributed by atoms with Gasteiger partial charge in [-0.15, -0.1) is 0 Å². The van der Waals surface area contributed by atoms with Gasteiger partial charge in [0.05, 0.1) is 23.4 Å². The number of nitrogens with zero attached hydrogens (tertiary/aromatic N) is 3. The number of nitro groups is 1. The van der Waals surface area contributed by atoms with Crippen LogP contribution in [0.5, 0.6) is 0 Å². The van der Waals surface area contributed by atoms with Crippen LogP contribution in [0.15, 0.2) is 53.4 Å². The molecule has 0 aliphatic carbocycles. The molecule has 3 N–H and O–H groups in total. The molecule has 0 aliphatic rings. The van der Waals surface area contributed by atoms with Gasteiger partial charge in [0.25, 0.3) is 0 Å². The normalized spacial score (nSPS) is 10.2. The molecule has 1 aromatic carbocycles. The highest BCUT2D eigenvalue weighted by Crippen LogP contribution is 2.31. The molecule has 0 saturated heterocycles. The van der Waals surface area contributed by atoms with E-state index >= 15 is 0 Å². The number of nitrogens with one attached hydrogen (secondary N) is 3. The zero-order valence-corrected chi connectivity index (χ0v) is 15.6. The number of ether oxygens (including phenoxy) is 1. The van der Waals surface area contributed by atoms with Crippen LogP contribution >= 0.6 is 0 Å². The molecule has 3 aromatic rings.